The molecule has 4 aromatic rings. The number of halogens is 1. The average Bonchev–Trinajstić information content (AvgIpc) is 3.23. The third-order valence-electron chi connectivity index (χ3n) is 5.65. The minimum Gasteiger partial charge on any atom is -0.454 e. The molecule has 0 atom stereocenters. The molecule has 0 saturated carbocycles. The highest BCUT2D eigenvalue weighted by atomic mass is 19.1. The van der Waals surface area contributed by atoms with Gasteiger partial charge in [-0.3, -0.25) is 0 Å². The van der Waals surface area contributed by atoms with Gasteiger partial charge in [0.2, 0.25) is 0 Å². The first-order chi connectivity index (χ1) is 16.0. The van der Waals surface area contributed by atoms with Crippen molar-refractivity contribution in [2.24, 2.45) is 0 Å². The van der Waals surface area contributed by atoms with Crippen LogP contribution in [0.3, 0.4) is 0 Å². The summed E-state index contributed by atoms with van der Waals surface area (Å²) in [6, 6.07) is 12.1. The topological polar surface area (TPSA) is 86.4 Å². The van der Waals surface area contributed by atoms with Crippen LogP contribution in [0.1, 0.15) is 5.82 Å². The van der Waals surface area contributed by atoms with Gasteiger partial charge in [0.1, 0.15) is 17.4 Å². The van der Waals surface area contributed by atoms with Crippen molar-refractivity contribution in [3.05, 3.63) is 72.7 Å². The summed E-state index contributed by atoms with van der Waals surface area (Å²) in [4.78, 5) is 28.0. The van der Waals surface area contributed by atoms with Gasteiger partial charge in [0, 0.05) is 49.0 Å². The van der Waals surface area contributed by atoms with Crippen LogP contribution in [-0.4, -0.2) is 52.1 Å². The predicted molar refractivity (Wildman–Crippen MR) is 124 cm³/mol. The first-order valence-corrected chi connectivity index (χ1v) is 10.7. The number of hydrogen-bond donors (Lipinski definition) is 2. The molecule has 2 aromatic heterocycles. The Labute approximate surface area is 190 Å². The maximum atomic E-state index is 13.6. The second kappa shape index (κ2) is 8.78. The van der Waals surface area contributed by atoms with Crippen LogP contribution in [-0.2, 0) is 0 Å². The number of benzene rings is 2. The quantitative estimate of drug-likeness (QED) is 0.480. The van der Waals surface area contributed by atoms with E-state index in [4.69, 9.17) is 4.74 Å². The monoisotopic (exact) mass is 446 g/mol. The normalized spacial score (nSPS) is 13.9. The molecule has 1 aliphatic rings. The van der Waals surface area contributed by atoms with Gasteiger partial charge in [-0.15, -0.1) is 0 Å². The van der Waals surface area contributed by atoms with E-state index < -0.39 is 0 Å². The van der Waals surface area contributed by atoms with E-state index in [1.54, 1.807) is 29.6 Å². The van der Waals surface area contributed by atoms with Gasteiger partial charge in [-0.25, -0.2) is 19.2 Å². The Kier molecular flexibility index (Phi) is 5.52. The van der Waals surface area contributed by atoms with Gasteiger partial charge in [0.25, 0.3) is 0 Å². The Balaban J connectivity index is 1.17. The molecule has 0 bridgehead atoms. The summed E-state index contributed by atoms with van der Waals surface area (Å²) in [6.45, 7) is 4.41. The van der Waals surface area contributed by atoms with Crippen molar-refractivity contribution in [3.63, 3.8) is 0 Å². The van der Waals surface area contributed by atoms with Gasteiger partial charge in [-0.05, 0) is 49.4 Å². The molecule has 2 N–H and O–H groups in total. The third-order valence-corrected chi connectivity index (χ3v) is 5.65. The first kappa shape index (κ1) is 20.7. The molecule has 1 saturated heterocycles. The number of nitrogens with zero attached hydrogens (tertiary/aromatic N) is 4. The van der Waals surface area contributed by atoms with Gasteiger partial charge in [0.15, 0.2) is 5.75 Å². The van der Waals surface area contributed by atoms with Gasteiger partial charge in [-0.2, -0.15) is 0 Å². The molecular weight excluding hydrogens is 423 g/mol. The number of nitrogens with one attached hydrogen (secondary N) is 2. The van der Waals surface area contributed by atoms with Gasteiger partial charge in [-0.1, -0.05) is 0 Å². The number of aromatic nitrogens is 3. The number of H-pyrrole nitrogens is 1. The fourth-order valence-corrected chi connectivity index (χ4v) is 3.85. The Morgan fingerprint density at radius 3 is 2.48 bits per heavy atom. The molecule has 8 nitrogen and oxygen atoms in total. The highest BCUT2D eigenvalue weighted by molar-refractivity contribution is 6.01. The van der Waals surface area contributed by atoms with Crippen molar-refractivity contribution in [1.29, 1.82) is 0 Å². The summed E-state index contributed by atoms with van der Waals surface area (Å²) in [5.74, 6) is 1.65. The van der Waals surface area contributed by atoms with E-state index in [1.807, 2.05) is 31.2 Å². The number of carbonyl (C=O) groups is 1. The average molecular weight is 446 g/mol. The van der Waals surface area contributed by atoms with E-state index in [-0.39, 0.29) is 11.8 Å². The smallest absolute Gasteiger partial charge is 0.322 e. The van der Waals surface area contributed by atoms with Crippen LogP contribution in [0, 0.1) is 12.7 Å². The summed E-state index contributed by atoms with van der Waals surface area (Å²) < 4.78 is 19.4. The molecule has 0 spiro atoms. The number of urea groups is 1. The molecule has 2 amide bonds. The molecule has 3 heterocycles. The fraction of sp³-hybridized carbons (Fsp3) is 0.208. The molecule has 0 unspecified atom stereocenters. The molecule has 33 heavy (non-hydrogen) atoms. The molecule has 5 rings (SSSR count). The number of amides is 2. The summed E-state index contributed by atoms with van der Waals surface area (Å²) in [5, 5.41) is 3.55. The van der Waals surface area contributed by atoms with Crippen LogP contribution in [0.15, 0.2) is 61.1 Å². The second-order valence-electron chi connectivity index (χ2n) is 7.86. The maximum absolute atomic E-state index is 13.6. The lowest BCUT2D eigenvalue weighted by molar-refractivity contribution is 0.208. The summed E-state index contributed by atoms with van der Waals surface area (Å²) in [7, 11) is 0. The van der Waals surface area contributed by atoms with Crippen LogP contribution in [0.25, 0.3) is 10.9 Å². The van der Waals surface area contributed by atoms with Gasteiger partial charge in [0.05, 0.1) is 18.1 Å². The lowest BCUT2D eigenvalue weighted by Crippen LogP contribution is -2.50. The number of aryl methyl sites for hydroxylation is 1. The Hall–Kier alpha value is -4.14. The van der Waals surface area contributed by atoms with E-state index in [1.165, 1.54) is 12.1 Å². The van der Waals surface area contributed by atoms with Crippen molar-refractivity contribution >= 4 is 28.3 Å². The highest BCUT2D eigenvalue weighted by Gasteiger charge is 2.22. The summed E-state index contributed by atoms with van der Waals surface area (Å²) >= 11 is 0. The van der Waals surface area contributed by atoms with E-state index in [9.17, 15) is 9.18 Å². The van der Waals surface area contributed by atoms with Crippen LogP contribution in [0.4, 0.5) is 20.6 Å². The van der Waals surface area contributed by atoms with Crippen LogP contribution < -0.4 is 15.0 Å². The Bertz CT molecular complexity index is 1260. The van der Waals surface area contributed by atoms with Crippen LogP contribution in [0.2, 0.25) is 0 Å². The predicted octanol–water partition coefficient (Wildman–Crippen LogP) is 4.55. The minimum atomic E-state index is -0.338. The van der Waals surface area contributed by atoms with E-state index in [2.05, 4.69) is 25.2 Å². The molecule has 0 aliphatic carbocycles. The number of carbonyl (C=O) groups excluding carboxylic acids is 1. The van der Waals surface area contributed by atoms with E-state index in [0.717, 1.165) is 11.2 Å². The van der Waals surface area contributed by atoms with Gasteiger partial charge < -0.3 is 24.8 Å². The molecular formula is C24H23FN6O2. The van der Waals surface area contributed by atoms with Gasteiger partial charge >= 0.3 is 6.03 Å². The van der Waals surface area contributed by atoms with Crippen molar-refractivity contribution < 1.29 is 13.9 Å². The Morgan fingerprint density at radius 2 is 1.76 bits per heavy atom. The molecule has 1 aliphatic heterocycles. The number of aromatic amines is 1. The molecule has 2 aromatic carbocycles. The zero-order valence-electron chi connectivity index (χ0n) is 18.1. The van der Waals surface area contributed by atoms with Crippen LogP contribution >= 0.6 is 0 Å². The molecule has 1 fully saturated rings. The summed E-state index contributed by atoms with van der Waals surface area (Å²) in [5.41, 5.74) is 2.42. The minimum absolute atomic E-state index is 0.191. The van der Waals surface area contributed by atoms with E-state index >= 15 is 0 Å². The maximum Gasteiger partial charge on any atom is 0.322 e. The lowest BCUT2D eigenvalue weighted by Gasteiger charge is -2.36. The molecule has 9 heteroatoms. The Morgan fingerprint density at radius 1 is 1.03 bits per heavy atom. The summed E-state index contributed by atoms with van der Waals surface area (Å²) in [6.07, 6.45) is 4.98. The van der Waals surface area contributed by atoms with Crippen molar-refractivity contribution in [1.82, 2.24) is 19.9 Å². The third kappa shape index (κ3) is 4.57. The molecule has 0 radical (unpaired) electrons. The zero-order chi connectivity index (χ0) is 22.8. The number of rotatable bonds is 4. The first-order valence-electron chi connectivity index (χ1n) is 10.7. The number of anilines is 2. The number of piperazine rings is 1. The fourth-order valence-electron chi connectivity index (χ4n) is 3.85. The highest BCUT2D eigenvalue weighted by Crippen LogP contribution is 2.26. The SMILES string of the molecule is Cc1ncc(Oc2ccc(N3CCN(C(=O)Nc4c[nH]c5ccc(F)cc45)CC3)cc2)cn1. The standard InChI is InChI=1S/C24H23FN6O2/c1-16-26-13-20(14-27-16)33-19-5-3-18(4-6-19)30-8-10-31(11-9-30)24(32)29-23-15-28-22-7-2-17(25)12-21(22)23/h2-7,12-15,28H,8-11H2,1H3,(H,29,32). The van der Waals surface area contributed by atoms with Crippen molar-refractivity contribution in [2.45, 2.75) is 6.92 Å². The lowest BCUT2D eigenvalue weighted by atomic mass is 10.2. The zero-order valence-corrected chi connectivity index (χ0v) is 18.1. The molecule has 168 valence electrons. The number of fused-ring (bicyclic) bond motifs is 1. The number of hydrogen-bond acceptors (Lipinski definition) is 5. The second-order valence-corrected chi connectivity index (χ2v) is 7.86. The van der Waals surface area contributed by atoms with Crippen molar-refractivity contribution in [2.75, 3.05) is 36.4 Å². The van der Waals surface area contributed by atoms with Crippen molar-refractivity contribution in [3.8, 4) is 11.5 Å². The van der Waals surface area contributed by atoms with Crippen LogP contribution in [0.5, 0.6) is 11.5 Å². The van der Waals surface area contributed by atoms with E-state index in [0.29, 0.717) is 54.6 Å². The largest absolute Gasteiger partial charge is 0.454 e. The number of ether oxygens (including phenoxy) is 1.